The van der Waals surface area contributed by atoms with Crippen molar-refractivity contribution in [3.63, 3.8) is 0 Å². The Morgan fingerprint density at radius 3 is 3.09 bits per heavy atom. The molecule has 1 saturated heterocycles. The van der Waals surface area contributed by atoms with Crippen LogP contribution in [0.4, 0.5) is 0 Å². The normalized spacial score (nSPS) is 31.0. The van der Waals surface area contributed by atoms with Gasteiger partial charge in [-0.1, -0.05) is 0 Å². The van der Waals surface area contributed by atoms with E-state index in [1.807, 2.05) is 5.38 Å². The number of aromatic nitrogens is 1. The van der Waals surface area contributed by atoms with E-state index in [1.54, 1.807) is 16.8 Å². The summed E-state index contributed by atoms with van der Waals surface area (Å²) in [5.41, 5.74) is 2.74. The predicted molar refractivity (Wildman–Crippen MR) is 41.7 cm³/mol. The van der Waals surface area contributed by atoms with E-state index in [2.05, 4.69) is 4.98 Å². The quantitative estimate of drug-likeness (QED) is 0.673. The molecule has 1 aliphatic heterocycles. The molecule has 1 aromatic rings. The zero-order valence-electron chi connectivity index (χ0n) is 5.93. The monoisotopic (exact) mass is 171 g/mol. The van der Waals surface area contributed by atoms with Crippen LogP contribution in [0.1, 0.15) is 11.6 Å². The highest BCUT2D eigenvalue weighted by atomic mass is 32.1. The van der Waals surface area contributed by atoms with Crippen LogP contribution in [0.15, 0.2) is 10.9 Å². The average molecular weight is 171 g/mol. The minimum Gasteiger partial charge on any atom is -0.390 e. The second-order valence-corrected chi connectivity index (χ2v) is 3.34. The molecule has 2 heterocycles. The van der Waals surface area contributed by atoms with Gasteiger partial charge in [-0.05, 0) is 0 Å². The van der Waals surface area contributed by atoms with Crippen LogP contribution in [-0.2, 0) is 4.74 Å². The van der Waals surface area contributed by atoms with Crippen molar-refractivity contribution in [3.05, 3.63) is 16.6 Å². The van der Waals surface area contributed by atoms with Gasteiger partial charge in [0.1, 0.15) is 0 Å². The minimum atomic E-state index is -0.364. The van der Waals surface area contributed by atoms with E-state index < -0.39 is 0 Å². The molecule has 2 atom stereocenters. The van der Waals surface area contributed by atoms with E-state index in [9.17, 15) is 5.11 Å². The van der Waals surface area contributed by atoms with Gasteiger partial charge in [-0.15, -0.1) is 11.3 Å². The molecular weight excluding hydrogens is 162 g/mol. The van der Waals surface area contributed by atoms with Gasteiger partial charge in [0.25, 0.3) is 0 Å². The van der Waals surface area contributed by atoms with E-state index in [1.165, 1.54) is 0 Å². The Morgan fingerprint density at radius 1 is 1.64 bits per heavy atom. The lowest BCUT2D eigenvalue weighted by Gasteiger charge is -2.07. The second-order valence-electron chi connectivity index (χ2n) is 2.62. The molecule has 0 amide bonds. The third kappa shape index (κ3) is 1.29. The Balaban J connectivity index is 2.16. The minimum absolute atomic E-state index is 0.0984. The van der Waals surface area contributed by atoms with Gasteiger partial charge in [0.15, 0.2) is 0 Å². The first-order chi connectivity index (χ1) is 5.38. The van der Waals surface area contributed by atoms with Crippen LogP contribution in [0.3, 0.4) is 0 Å². The van der Waals surface area contributed by atoms with Crippen molar-refractivity contribution in [2.24, 2.45) is 0 Å². The maximum Gasteiger partial charge on any atom is 0.0879 e. The summed E-state index contributed by atoms with van der Waals surface area (Å²) in [6.45, 7) is 1.05. The zero-order valence-corrected chi connectivity index (χ0v) is 6.75. The fourth-order valence-corrected chi connectivity index (χ4v) is 1.85. The summed E-state index contributed by atoms with van der Waals surface area (Å²) >= 11 is 1.55. The largest absolute Gasteiger partial charge is 0.390 e. The summed E-state index contributed by atoms with van der Waals surface area (Å²) in [5, 5.41) is 11.4. The molecule has 4 heteroatoms. The van der Waals surface area contributed by atoms with E-state index >= 15 is 0 Å². The van der Waals surface area contributed by atoms with E-state index in [0.717, 1.165) is 5.69 Å². The topological polar surface area (TPSA) is 42.4 Å². The number of hydrogen-bond donors (Lipinski definition) is 1. The van der Waals surface area contributed by atoms with Crippen LogP contribution >= 0.6 is 11.3 Å². The fraction of sp³-hybridized carbons (Fsp3) is 0.571. The molecule has 1 fully saturated rings. The summed E-state index contributed by atoms with van der Waals surface area (Å²) in [4.78, 5) is 4.13. The zero-order chi connectivity index (χ0) is 7.68. The summed E-state index contributed by atoms with van der Waals surface area (Å²) in [7, 11) is 0. The van der Waals surface area contributed by atoms with E-state index in [4.69, 9.17) is 4.74 Å². The van der Waals surface area contributed by atoms with E-state index in [-0.39, 0.29) is 12.0 Å². The molecule has 1 N–H and O–H groups in total. The van der Waals surface area contributed by atoms with Crippen molar-refractivity contribution in [1.82, 2.24) is 4.98 Å². The van der Waals surface area contributed by atoms with Gasteiger partial charge in [-0.25, -0.2) is 4.98 Å². The molecule has 0 aromatic carbocycles. The number of hydrogen-bond acceptors (Lipinski definition) is 4. The van der Waals surface area contributed by atoms with Crippen molar-refractivity contribution >= 4 is 11.3 Å². The Bertz CT molecular complexity index is 224. The second kappa shape index (κ2) is 2.89. The first kappa shape index (κ1) is 7.21. The molecule has 2 rings (SSSR count). The average Bonchev–Trinajstić information content (AvgIpc) is 2.55. The van der Waals surface area contributed by atoms with Crippen LogP contribution in [0.2, 0.25) is 0 Å². The molecule has 0 radical (unpaired) electrons. The molecule has 0 bridgehead atoms. The molecular formula is C7H9NO2S. The molecule has 1 aromatic heterocycles. The Kier molecular flexibility index (Phi) is 1.89. The fourth-order valence-electron chi connectivity index (χ4n) is 1.23. The molecule has 1 aliphatic rings. The van der Waals surface area contributed by atoms with Gasteiger partial charge in [0.05, 0.1) is 36.4 Å². The van der Waals surface area contributed by atoms with Gasteiger partial charge in [-0.2, -0.15) is 0 Å². The van der Waals surface area contributed by atoms with Gasteiger partial charge in [-0.3, -0.25) is 0 Å². The smallest absolute Gasteiger partial charge is 0.0879 e. The van der Waals surface area contributed by atoms with Crippen LogP contribution in [0.25, 0.3) is 0 Å². The molecule has 11 heavy (non-hydrogen) atoms. The summed E-state index contributed by atoms with van der Waals surface area (Å²) in [6, 6.07) is 0. The maximum absolute atomic E-state index is 9.40. The predicted octanol–water partition coefficient (Wildman–Crippen LogP) is 0.618. The van der Waals surface area contributed by atoms with Gasteiger partial charge in [0, 0.05) is 5.38 Å². The third-order valence-corrected chi connectivity index (χ3v) is 2.49. The molecule has 2 unspecified atom stereocenters. The number of nitrogens with zero attached hydrogens (tertiary/aromatic N) is 1. The van der Waals surface area contributed by atoms with Crippen molar-refractivity contribution in [1.29, 1.82) is 0 Å². The van der Waals surface area contributed by atoms with Crippen molar-refractivity contribution in [3.8, 4) is 0 Å². The summed E-state index contributed by atoms with van der Waals surface area (Å²) in [6.07, 6.45) is -0.364. The van der Waals surface area contributed by atoms with Crippen molar-refractivity contribution < 1.29 is 9.84 Å². The lowest BCUT2D eigenvalue weighted by molar-refractivity contribution is 0.124. The summed E-state index contributed by atoms with van der Waals surface area (Å²) in [5.74, 6) is 0.0984. The van der Waals surface area contributed by atoms with Gasteiger partial charge in [0.2, 0.25) is 0 Å². The van der Waals surface area contributed by atoms with Crippen LogP contribution in [0, 0.1) is 0 Å². The van der Waals surface area contributed by atoms with Crippen molar-refractivity contribution in [2.45, 2.75) is 12.0 Å². The Labute approximate surface area is 68.7 Å². The number of aliphatic hydroxyl groups excluding tert-OH is 1. The standard InChI is InChI=1S/C7H9NO2S/c9-7-2-10-1-5(7)6-3-11-4-8-6/h3-5,7,9H,1-2H2. The van der Waals surface area contributed by atoms with Gasteiger partial charge < -0.3 is 9.84 Å². The van der Waals surface area contributed by atoms with Crippen LogP contribution in [0.5, 0.6) is 0 Å². The van der Waals surface area contributed by atoms with E-state index in [0.29, 0.717) is 13.2 Å². The lowest BCUT2D eigenvalue weighted by Crippen LogP contribution is -2.15. The molecule has 60 valence electrons. The first-order valence-corrected chi connectivity index (χ1v) is 4.46. The summed E-state index contributed by atoms with van der Waals surface area (Å²) < 4.78 is 5.11. The van der Waals surface area contributed by atoms with Crippen LogP contribution < -0.4 is 0 Å². The molecule has 0 spiro atoms. The van der Waals surface area contributed by atoms with Crippen molar-refractivity contribution in [2.75, 3.05) is 13.2 Å². The molecule has 0 saturated carbocycles. The number of rotatable bonds is 1. The number of ether oxygens (including phenoxy) is 1. The Morgan fingerprint density at radius 2 is 2.55 bits per heavy atom. The van der Waals surface area contributed by atoms with Crippen LogP contribution in [-0.4, -0.2) is 29.4 Å². The molecule has 0 aliphatic carbocycles. The first-order valence-electron chi connectivity index (χ1n) is 3.52. The van der Waals surface area contributed by atoms with Gasteiger partial charge >= 0.3 is 0 Å². The number of aliphatic hydroxyl groups is 1. The highest BCUT2D eigenvalue weighted by Gasteiger charge is 2.28. The highest BCUT2D eigenvalue weighted by Crippen LogP contribution is 2.24. The highest BCUT2D eigenvalue weighted by molar-refractivity contribution is 7.07. The SMILES string of the molecule is OC1COCC1c1cscn1. The maximum atomic E-state index is 9.40. The molecule has 3 nitrogen and oxygen atoms in total. The number of thiazole rings is 1. The third-order valence-electron chi connectivity index (χ3n) is 1.88. The lowest BCUT2D eigenvalue weighted by atomic mass is 10.0. The Hall–Kier alpha value is -0.450.